The summed E-state index contributed by atoms with van der Waals surface area (Å²) in [4.78, 5) is 24.5. The van der Waals surface area contributed by atoms with Crippen molar-refractivity contribution in [3.05, 3.63) is 75.3 Å². The molecule has 0 radical (unpaired) electrons. The van der Waals surface area contributed by atoms with E-state index in [9.17, 15) is 30.3 Å². The molecule has 218 valence electrons. The van der Waals surface area contributed by atoms with E-state index in [0.29, 0.717) is 11.1 Å². The van der Waals surface area contributed by atoms with Gasteiger partial charge in [-0.15, -0.1) is 0 Å². The van der Waals surface area contributed by atoms with Crippen molar-refractivity contribution < 1.29 is 30.3 Å². The molecule has 42 heavy (non-hydrogen) atoms. The van der Waals surface area contributed by atoms with Crippen LogP contribution in [0.3, 0.4) is 0 Å². The van der Waals surface area contributed by atoms with Gasteiger partial charge < -0.3 is 35.6 Å². The molecule has 0 bridgehead atoms. The highest BCUT2D eigenvalue weighted by Gasteiger charge is 2.42. The number of hydrogen-bond acceptors (Lipinski definition) is 10. The number of imidazole rings is 1. The quantitative estimate of drug-likeness (QED) is 0.156. The van der Waals surface area contributed by atoms with Crippen molar-refractivity contribution in [2.75, 3.05) is 11.9 Å². The molecular weight excluding hydrogens is 542 g/mol. The first kappa shape index (κ1) is 27.0. The van der Waals surface area contributed by atoms with E-state index in [4.69, 9.17) is 4.74 Å². The first-order chi connectivity index (χ1) is 20.2. The SMILES string of the molecule is Cc1c2ccccc2c(C)c2c3c(ccc12)[C@@H](O)[C@H](O)[C@H](O)[C@H]3Nc1nc2c(ncn2[C@H]2C[C@H](O)[C@@H](CO)O2)c(=O)[nH]1. The summed E-state index contributed by atoms with van der Waals surface area (Å²) >= 11 is 0. The molecule has 1 fully saturated rings. The first-order valence-corrected chi connectivity index (χ1v) is 13.9. The number of benzene rings is 3. The Morgan fingerprint density at radius 1 is 1.02 bits per heavy atom. The van der Waals surface area contributed by atoms with Gasteiger partial charge in [0.1, 0.15) is 30.6 Å². The van der Waals surface area contributed by atoms with Crippen molar-refractivity contribution in [2.24, 2.45) is 0 Å². The molecule has 3 aromatic carbocycles. The van der Waals surface area contributed by atoms with Gasteiger partial charge in [0, 0.05) is 6.42 Å². The van der Waals surface area contributed by atoms with Gasteiger partial charge in [0.15, 0.2) is 11.2 Å². The van der Waals surface area contributed by atoms with E-state index in [2.05, 4.69) is 26.3 Å². The Bertz CT molecular complexity index is 1920. The number of aromatic nitrogens is 4. The van der Waals surface area contributed by atoms with Crippen molar-refractivity contribution >= 4 is 38.7 Å². The lowest BCUT2D eigenvalue weighted by atomic mass is 9.77. The summed E-state index contributed by atoms with van der Waals surface area (Å²) in [5, 5.41) is 60.0. The summed E-state index contributed by atoms with van der Waals surface area (Å²) in [6.45, 7) is 3.66. The topological polar surface area (TPSA) is 186 Å². The zero-order valence-corrected chi connectivity index (χ0v) is 22.9. The third-order valence-corrected chi connectivity index (χ3v) is 8.86. The predicted molar refractivity (Wildman–Crippen MR) is 154 cm³/mol. The minimum atomic E-state index is -1.50. The van der Waals surface area contributed by atoms with Crippen LogP contribution in [0.2, 0.25) is 0 Å². The normalized spacial score (nSPS) is 27.6. The maximum Gasteiger partial charge on any atom is 0.280 e. The molecule has 7 atom stereocenters. The molecule has 0 saturated carbocycles. The Balaban J connectivity index is 1.39. The van der Waals surface area contributed by atoms with Crippen molar-refractivity contribution in [1.29, 1.82) is 0 Å². The largest absolute Gasteiger partial charge is 0.394 e. The van der Waals surface area contributed by atoms with Gasteiger partial charge in [-0.05, 0) is 57.6 Å². The molecule has 2 aliphatic rings. The van der Waals surface area contributed by atoms with E-state index >= 15 is 0 Å². The monoisotopic (exact) mass is 573 g/mol. The van der Waals surface area contributed by atoms with Crippen molar-refractivity contribution in [3.63, 3.8) is 0 Å². The van der Waals surface area contributed by atoms with Crippen LogP contribution in [0.5, 0.6) is 0 Å². The molecule has 12 heteroatoms. The van der Waals surface area contributed by atoms with Crippen molar-refractivity contribution in [1.82, 2.24) is 19.5 Å². The predicted octanol–water partition coefficient (Wildman–Crippen LogP) is 1.61. The molecule has 0 unspecified atom stereocenters. The average molecular weight is 574 g/mol. The molecule has 5 aromatic rings. The van der Waals surface area contributed by atoms with E-state index < -0.39 is 48.3 Å². The number of aryl methyl sites for hydroxylation is 2. The molecule has 3 heterocycles. The lowest BCUT2D eigenvalue weighted by molar-refractivity contribution is -0.0767. The minimum absolute atomic E-state index is 0.0114. The summed E-state index contributed by atoms with van der Waals surface area (Å²) in [5.41, 5.74) is 2.76. The highest BCUT2D eigenvalue weighted by Crippen LogP contribution is 2.45. The Labute approximate surface area is 238 Å². The maximum absolute atomic E-state index is 13.1. The number of nitrogens with zero attached hydrogens (tertiary/aromatic N) is 3. The van der Waals surface area contributed by atoms with Crippen molar-refractivity contribution in [2.45, 2.75) is 63.1 Å². The Hall–Kier alpha value is -3.91. The Morgan fingerprint density at radius 2 is 1.76 bits per heavy atom. The first-order valence-electron chi connectivity index (χ1n) is 13.9. The van der Waals surface area contributed by atoms with Crippen LogP contribution < -0.4 is 10.9 Å². The molecule has 0 spiro atoms. The fraction of sp³-hybridized carbons (Fsp3) is 0.367. The summed E-state index contributed by atoms with van der Waals surface area (Å²) in [5.74, 6) is 0.0114. The van der Waals surface area contributed by atoms with Crippen LogP contribution in [0.15, 0.2) is 47.5 Å². The number of H-pyrrole nitrogens is 1. The number of ether oxygens (including phenoxy) is 1. The zero-order valence-electron chi connectivity index (χ0n) is 22.9. The van der Waals surface area contributed by atoms with E-state index in [0.717, 1.165) is 32.7 Å². The number of nitrogens with one attached hydrogen (secondary N) is 2. The van der Waals surface area contributed by atoms with Gasteiger partial charge in [-0.25, -0.2) is 4.98 Å². The summed E-state index contributed by atoms with van der Waals surface area (Å²) < 4.78 is 7.27. The molecule has 1 aliphatic heterocycles. The van der Waals surface area contributed by atoms with Gasteiger partial charge in [0.25, 0.3) is 5.56 Å². The number of aromatic amines is 1. The molecule has 2 aromatic heterocycles. The van der Waals surface area contributed by atoms with Gasteiger partial charge in [0.2, 0.25) is 5.95 Å². The van der Waals surface area contributed by atoms with Crippen LogP contribution in [0.25, 0.3) is 32.7 Å². The second-order valence-electron chi connectivity index (χ2n) is 11.2. The van der Waals surface area contributed by atoms with Crippen LogP contribution in [0.4, 0.5) is 5.95 Å². The van der Waals surface area contributed by atoms with Gasteiger partial charge >= 0.3 is 0 Å². The average Bonchev–Trinajstić information content (AvgIpc) is 3.59. The highest BCUT2D eigenvalue weighted by molar-refractivity contribution is 6.07. The van der Waals surface area contributed by atoms with Crippen LogP contribution in [0, 0.1) is 13.8 Å². The molecule has 0 amide bonds. The number of anilines is 1. The van der Waals surface area contributed by atoms with Crippen LogP contribution in [-0.4, -0.2) is 76.1 Å². The van der Waals surface area contributed by atoms with Gasteiger partial charge in [-0.2, -0.15) is 4.98 Å². The number of aliphatic hydroxyl groups excluding tert-OH is 5. The fourth-order valence-electron chi connectivity index (χ4n) is 6.66. The van der Waals surface area contributed by atoms with Crippen molar-refractivity contribution in [3.8, 4) is 0 Å². The third kappa shape index (κ3) is 3.87. The Morgan fingerprint density at radius 3 is 2.48 bits per heavy atom. The summed E-state index contributed by atoms with van der Waals surface area (Å²) in [7, 11) is 0. The molecule has 7 rings (SSSR count). The smallest absolute Gasteiger partial charge is 0.280 e. The second kappa shape index (κ2) is 9.83. The highest BCUT2D eigenvalue weighted by atomic mass is 16.5. The van der Waals surface area contributed by atoms with E-state index in [1.807, 2.05) is 38.1 Å². The molecule has 7 N–H and O–H groups in total. The summed E-state index contributed by atoms with van der Waals surface area (Å²) in [6.07, 6.45) is -5.09. The molecular formula is C30H31N5O7. The minimum Gasteiger partial charge on any atom is -0.394 e. The number of hydrogen-bond donors (Lipinski definition) is 7. The van der Waals surface area contributed by atoms with Gasteiger partial charge in [-0.1, -0.05) is 36.4 Å². The van der Waals surface area contributed by atoms with E-state index in [1.165, 1.54) is 10.9 Å². The molecule has 12 nitrogen and oxygen atoms in total. The van der Waals surface area contributed by atoms with E-state index in [1.54, 1.807) is 6.07 Å². The standard InChI is InChI=1S/C30H31N5O7/c1-12-14-5-3-4-6-15(14)13(2)21-16(12)7-8-17-22(21)23(26(39)27(40)25(17)38)32-30-33-28-24(29(41)34-30)31-11-35(28)20-9-18(37)19(10-36)42-20/h3-8,11,18-20,23,25-27,36-40H,9-10H2,1-2H3,(H2,32,33,34,41)/t18-,19+,20+,23-,25+,26+,27-/m0/s1. The zero-order chi connectivity index (χ0) is 29.4. The molecule has 1 aliphatic carbocycles. The summed E-state index contributed by atoms with van der Waals surface area (Å²) in [6, 6.07) is 10.8. The Kier molecular flexibility index (Phi) is 6.31. The lowest BCUT2D eigenvalue weighted by Crippen LogP contribution is -2.45. The van der Waals surface area contributed by atoms with Crippen LogP contribution in [0.1, 0.15) is 47.0 Å². The second-order valence-corrected chi connectivity index (χ2v) is 11.2. The van der Waals surface area contributed by atoms with Crippen LogP contribution in [-0.2, 0) is 4.74 Å². The van der Waals surface area contributed by atoms with E-state index in [-0.39, 0.29) is 30.1 Å². The molecule has 1 saturated heterocycles. The third-order valence-electron chi connectivity index (χ3n) is 8.86. The van der Waals surface area contributed by atoms with Gasteiger partial charge in [0.05, 0.1) is 25.1 Å². The number of rotatable bonds is 4. The van der Waals surface area contributed by atoms with Crippen LogP contribution >= 0.6 is 0 Å². The lowest BCUT2D eigenvalue weighted by Gasteiger charge is -2.39. The fourth-order valence-corrected chi connectivity index (χ4v) is 6.66. The maximum atomic E-state index is 13.1. The number of fused-ring (bicyclic) bond motifs is 5. The number of aliphatic hydroxyl groups is 5. The van der Waals surface area contributed by atoms with Gasteiger partial charge in [-0.3, -0.25) is 14.3 Å².